The highest BCUT2D eigenvalue weighted by Gasteiger charge is 2.08. The largest absolute Gasteiger partial charge is 0.508 e. The minimum Gasteiger partial charge on any atom is -0.508 e. The molecule has 0 spiro atoms. The van der Waals surface area contributed by atoms with Gasteiger partial charge in [0.15, 0.2) is 0 Å². The lowest BCUT2D eigenvalue weighted by molar-refractivity contribution is -0.116. The van der Waals surface area contributed by atoms with Crippen molar-refractivity contribution in [1.29, 1.82) is 0 Å². The fourth-order valence-electron chi connectivity index (χ4n) is 2.25. The number of amides is 2. The van der Waals surface area contributed by atoms with E-state index in [-0.39, 0.29) is 23.5 Å². The predicted octanol–water partition coefficient (Wildman–Crippen LogP) is 3.53. The van der Waals surface area contributed by atoms with Crippen molar-refractivity contribution in [1.82, 2.24) is 5.43 Å². The molecule has 0 unspecified atom stereocenters. The number of hydrazone groups is 1. The third kappa shape index (κ3) is 5.73. The van der Waals surface area contributed by atoms with Gasteiger partial charge < -0.3 is 10.4 Å². The van der Waals surface area contributed by atoms with Gasteiger partial charge in [0.25, 0.3) is 5.91 Å². The molecule has 0 aromatic heterocycles. The molecule has 0 aliphatic carbocycles. The molecule has 0 radical (unpaired) electrons. The number of anilines is 1. The van der Waals surface area contributed by atoms with Crippen LogP contribution in [-0.2, 0) is 4.79 Å². The van der Waals surface area contributed by atoms with Crippen LogP contribution in [0.4, 0.5) is 5.69 Å². The van der Waals surface area contributed by atoms with Crippen LogP contribution in [0.5, 0.6) is 5.75 Å². The number of rotatable bonds is 6. The van der Waals surface area contributed by atoms with Crippen LogP contribution < -0.4 is 10.7 Å². The van der Waals surface area contributed by atoms with Crippen LogP contribution in [0.3, 0.4) is 0 Å². The molecule has 3 N–H and O–H groups in total. The van der Waals surface area contributed by atoms with E-state index in [4.69, 9.17) is 0 Å². The van der Waals surface area contributed by atoms with E-state index in [1.54, 1.807) is 55.5 Å². The summed E-state index contributed by atoms with van der Waals surface area (Å²) in [5.74, 6) is 0.0652. The summed E-state index contributed by atoms with van der Waals surface area (Å²) in [6, 6.07) is 13.2. The topological polar surface area (TPSA) is 90.8 Å². The van der Waals surface area contributed by atoms with E-state index in [0.29, 0.717) is 23.4 Å². The molecule has 0 aliphatic rings. The van der Waals surface area contributed by atoms with Crippen LogP contribution in [-0.4, -0.2) is 22.6 Å². The van der Waals surface area contributed by atoms with Crippen LogP contribution in [0.15, 0.2) is 53.6 Å². The monoisotopic (exact) mass is 353 g/mol. The van der Waals surface area contributed by atoms with Crippen LogP contribution in [0.2, 0.25) is 0 Å². The second-order valence-corrected chi connectivity index (χ2v) is 6.41. The Morgan fingerprint density at radius 3 is 2.15 bits per heavy atom. The van der Waals surface area contributed by atoms with Crippen LogP contribution >= 0.6 is 0 Å². The minimum atomic E-state index is -0.344. The molecule has 6 heteroatoms. The lowest BCUT2D eigenvalue weighted by atomic mass is 10.1. The maximum atomic E-state index is 12.2. The Hall–Kier alpha value is -3.15. The van der Waals surface area contributed by atoms with Crippen molar-refractivity contribution in [2.24, 2.45) is 11.0 Å². The summed E-state index contributed by atoms with van der Waals surface area (Å²) in [5.41, 5.74) is 5.00. The Kier molecular flexibility index (Phi) is 6.49. The van der Waals surface area contributed by atoms with Crippen molar-refractivity contribution in [2.45, 2.75) is 27.2 Å². The molecule has 2 aromatic carbocycles. The summed E-state index contributed by atoms with van der Waals surface area (Å²) in [4.78, 5) is 23.9. The van der Waals surface area contributed by atoms with Crippen molar-refractivity contribution in [3.8, 4) is 5.75 Å². The summed E-state index contributed by atoms with van der Waals surface area (Å²) >= 11 is 0. The van der Waals surface area contributed by atoms with Gasteiger partial charge >= 0.3 is 0 Å². The molecule has 0 atom stereocenters. The summed E-state index contributed by atoms with van der Waals surface area (Å²) < 4.78 is 0. The summed E-state index contributed by atoms with van der Waals surface area (Å²) in [7, 11) is 0. The number of aromatic hydroxyl groups is 1. The van der Waals surface area contributed by atoms with E-state index >= 15 is 0 Å². The van der Waals surface area contributed by atoms with Crippen molar-refractivity contribution in [2.75, 3.05) is 5.32 Å². The average molecular weight is 353 g/mol. The third-order valence-corrected chi connectivity index (χ3v) is 3.63. The van der Waals surface area contributed by atoms with Gasteiger partial charge in [-0.1, -0.05) is 13.8 Å². The van der Waals surface area contributed by atoms with Crippen LogP contribution in [0, 0.1) is 5.92 Å². The highest BCUT2D eigenvalue weighted by molar-refractivity contribution is 6.01. The maximum Gasteiger partial charge on any atom is 0.271 e. The van der Waals surface area contributed by atoms with Gasteiger partial charge in [0, 0.05) is 17.7 Å². The molecule has 0 fully saturated rings. The Morgan fingerprint density at radius 2 is 1.58 bits per heavy atom. The van der Waals surface area contributed by atoms with Gasteiger partial charge in [0.1, 0.15) is 5.75 Å². The summed E-state index contributed by atoms with van der Waals surface area (Å²) in [5, 5.41) is 16.2. The fraction of sp³-hybridized carbons (Fsp3) is 0.250. The van der Waals surface area contributed by atoms with Crippen molar-refractivity contribution in [3.05, 3.63) is 59.7 Å². The first-order valence-corrected chi connectivity index (χ1v) is 8.39. The maximum absolute atomic E-state index is 12.2. The zero-order valence-corrected chi connectivity index (χ0v) is 15.1. The number of benzene rings is 2. The minimum absolute atomic E-state index is 0.0497. The summed E-state index contributed by atoms with van der Waals surface area (Å²) in [6.45, 7) is 5.72. The third-order valence-electron chi connectivity index (χ3n) is 3.63. The number of hydrogen-bond acceptors (Lipinski definition) is 4. The van der Waals surface area contributed by atoms with Gasteiger partial charge in [-0.3, -0.25) is 9.59 Å². The molecule has 26 heavy (non-hydrogen) atoms. The lowest BCUT2D eigenvalue weighted by Crippen LogP contribution is -2.19. The van der Waals surface area contributed by atoms with Crippen molar-refractivity contribution in [3.63, 3.8) is 0 Å². The van der Waals surface area contributed by atoms with E-state index in [1.165, 1.54) is 0 Å². The van der Waals surface area contributed by atoms with Gasteiger partial charge in [-0.15, -0.1) is 0 Å². The normalized spacial score (nSPS) is 11.3. The van der Waals surface area contributed by atoms with E-state index in [2.05, 4.69) is 15.8 Å². The van der Waals surface area contributed by atoms with Crippen LogP contribution in [0.1, 0.15) is 43.1 Å². The molecule has 136 valence electrons. The molecule has 2 amide bonds. The molecule has 2 rings (SSSR count). The standard InChI is InChI=1S/C20H23N3O3/c1-13(2)12-19(25)21-17-8-4-16(5-9-17)20(26)23-22-14(3)15-6-10-18(24)11-7-15/h4-11,13,24H,12H2,1-3H3,(H,21,25)(H,23,26). The number of carbonyl (C=O) groups is 2. The number of phenols is 1. The quantitative estimate of drug-likeness (QED) is 0.548. The number of carbonyl (C=O) groups excluding carboxylic acids is 2. The molecule has 2 aromatic rings. The SMILES string of the molecule is CC(=NNC(=O)c1ccc(NC(=O)CC(C)C)cc1)c1ccc(O)cc1. The average Bonchev–Trinajstić information content (AvgIpc) is 2.60. The second-order valence-electron chi connectivity index (χ2n) is 6.41. The number of nitrogens with one attached hydrogen (secondary N) is 2. The highest BCUT2D eigenvalue weighted by atomic mass is 16.3. The molecule has 0 bridgehead atoms. The van der Waals surface area contributed by atoms with E-state index < -0.39 is 0 Å². The number of hydrogen-bond donors (Lipinski definition) is 3. The smallest absolute Gasteiger partial charge is 0.271 e. The highest BCUT2D eigenvalue weighted by Crippen LogP contribution is 2.12. The zero-order valence-electron chi connectivity index (χ0n) is 15.1. The molecular weight excluding hydrogens is 330 g/mol. The Balaban J connectivity index is 1.96. The first-order valence-electron chi connectivity index (χ1n) is 8.39. The summed E-state index contributed by atoms with van der Waals surface area (Å²) in [6.07, 6.45) is 0.452. The number of nitrogens with zero attached hydrogens (tertiary/aromatic N) is 1. The van der Waals surface area contributed by atoms with Gasteiger partial charge in [-0.05, 0) is 66.9 Å². The van der Waals surface area contributed by atoms with E-state index in [1.807, 2.05) is 13.8 Å². The molecule has 0 heterocycles. The van der Waals surface area contributed by atoms with E-state index in [0.717, 1.165) is 5.56 Å². The Bertz CT molecular complexity index is 794. The Labute approximate surface area is 152 Å². The zero-order chi connectivity index (χ0) is 19.1. The van der Waals surface area contributed by atoms with Crippen LogP contribution in [0.25, 0.3) is 0 Å². The van der Waals surface area contributed by atoms with Gasteiger partial charge in [-0.2, -0.15) is 5.10 Å². The Morgan fingerprint density at radius 1 is 1.00 bits per heavy atom. The molecule has 0 saturated heterocycles. The van der Waals surface area contributed by atoms with Gasteiger partial charge in [0.2, 0.25) is 5.91 Å². The fourth-order valence-corrected chi connectivity index (χ4v) is 2.25. The second kappa shape index (κ2) is 8.80. The first kappa shape index (κ1) is 19.2. The number of phenolic OH excluding ortho intramolecular Hbond substituents is 1. The molecular formula is C20H23N3O3. The molecule has 0 saturated carbocycles. The first-order chi connectivity index (χ1) is 12.3. The lowest BCUT2D eigenvalue weighted by Gasteiger charge is -2.08. The molecule has 6 nitrogen and oxygen atoms in total. The van der Waals surface area contributed by atoms with E-state index in [9.17, 15) is 14.7 Å². The van der Waals surface area contributed by atoms with Gasteiger partial charge in [0.05, 0.1) is 5.71 Å². The van der Waals surface area contributed by atoms with Crippen molar-refractivity contribution >= 4 is 23.2 Å². The van der Waals surface area contributed by atoms with Crippen molar-refractivity contribution < 1.29 is 14.7 Å². The molecule has 0 aliphatic heterocycles. The van der Waals surface area contributed by atoms with Gasteiger partial charge in [-0.25, -0.2) is 5.43 Å². The predicted molar refractivity (Wildman–Crippen MR) is 102 cm³/mol.